The first-order chi connectivity index (χ1) is 13.1. The molecule has 0 aromatic heterocycles. The number of rotatable bonds is 7. The lowest BCUT2D eigenvalue weighted by Gasteiger charge is -2.21. The number of nitrogens with one attached hydrogen (secondary N) is 2. The summed E-state index contributed by atoms with van der Waals surface area (Å²) in [6.07, 6.45) is 0.662. The Morgan fingerprint density at radius 3 is 2.46 bits per heavy atom. The fourth-order valence-electron chi connectivity index (χ4n) is 2.94. The van der Waals surface area contributed by atoms with Gasteiger partial charge in [-0.2, -0.15) is 0 Å². The van der Waals surface area contributed by atoms with Gasteiger partial charge in [0.1, 0.15) is 6.04 Å². The zero-order valence-electron chi connectivity index (χ0n) is 17.1. The number of nitrogens with zero attached hydrogens (tertiary/aromatic N) is 1. The topological polar surface area (TPSA) is 78.5 Å². The summed E-state index contributed by atoms with van der Waals surface area (Å²) in [4.78, 5) is 38.6. The second-order valence-electron chi connectivity index (χ2n) is 7.60. The third kappa shape index (κ3) is 4.93. The Labute approximate surface area is 171 Å². The van der Waals surface area contributed by atoms with Gasteiger partial charge in [0.05, 0.1) is 22.8 Å². The van der Waals surface area contributed by atoms with E-state index in [9.17, 15) is 14.4 Å². The van der Waals surface area contributed by atoms with E-state index in [-0.39, 0.29) is 24.1 Å². The van der Waals surface area contributed by atoms with E-state index in [1.54, 1.807) is 18.2 Å². The molecule has 0 spiro atoms. The largest absolute Gasteiger partial charge is 0.372 e. The van der Waals surface area contributed by atoms with E-state index in [1.807, 2.05) is 34.6 Å². The average molecular weight is 406 g/mol. The Kier molecular flexibility index (Phi) is 7.24. The SMILES string of the molecule is CCC(Nc1cc(N2C(=O)CC(=C(C)C)C2=O)ccc1Cl)C(=O)NCC(C)C. The molecule has 1 saturated heterocycles. The molecule has 2 N–H and O–H groups in total. The van der Waals surface area contributed by atoms with Gasteiger partial charge in [-0.3, -0.25) is 14.4 Å². The normalized spacial score (nSPS) is 15.2. The molecule has 0 radical (unpaired) electrons. The van der Waals surface area contributed by atoms with E-state index in [2.05, 4.69) is 10.6 Å². The number of halogens is 1. The first kappa shape index (κ1) is 22.0. The van der Waals surface area contributed by atoms with Crippen LogP contribution in [0.15, 0.2) is 29.3 Å². The third-order valence-corrected chi connectivity index (χ3v) is 4.92. The van der Waals surface area contributed by atoms with Gasteiger partial charge in [-0.1, -0.05) is 37.9 Å². The molecule has 1 unspecified atom stereocenters. The highest BCUT2D eigenvalue weighted by atomic mass is 35.5. The monoisotopic (exact) mass is 405 g/mol. The molecule has 6 nitrogen and oxygen atoms in total. The number of allylic oxidation sites excluding steroid dienone is 1. The smallest absolute Gasteiger partial charge is 0.261 e. The van der Waals surface area contributed by atoms with Gasteiger partial charge in [0, 0.05) is 12.1 Å². The molecule has 1 atom stereocenters. The van der Waals surface area contributed by atoms with Crippen LogP contribution in [0.25, 0.3) is 0 Å². The highest BCUT2D eigenvalue weighted by molar-refractivity contribution is 6.34. The first-order valence-corrected chi connectivity index (χ1v) is 9.90. The van der Waals surface area contributed by atoms with E-state index in [4.69, 9.17) is 11.6 Å². The number of imide groups is 1. The molecule has 0 saturated carbocycles. The molecule has 1 aromatic carbocycles. The summed E-state index contributed by atoms with van der Waals surface area (Å²) in [6.45, 7) is 10.2. The Balaban J connectivity index is 2.26. The van der Waals surface area contributed by atoms with E-state index in [0.29, 0.717) is 40.9 Å². The third-order valence-electron chi connectivity index (χ3n) is 4.59. The Hall–Kier alpha value is -2.34. The van der Waals surface area contributed by atoms with Crippen LogP contribution in [0.4, 0.5) is 11.4 Å². The van der Waals surface area contributed by atoms with Crippen LogP contribution in [0.2, 0.25) is 5.02 Å². The molecule has 1 aliphatic rings. The maximum atomic E-state index is 12.6. The number of amides is 3. The molecule has 1 fully saturated rings. The summed E-state index contributed by atoms with van der Waals surface area (Å²) in [5, 5.41) is 6.47. The van der Waals surface area contributed by atoms with Crippen LogP contribution < -0.4 is 15.5 Å². The number of anilines is 2. The summed E-state index contributed by atoms with van der Waals surface area (Å²) in [5.41, 5.74) is 2.31. The number of benzene rings is 1. The maximum absolute atomic E-state index is 12.6. The van der Waals surface area contributed by atoms with Crippen molar-refractivity contribution < 1.29 is 14.4 Å². The van der Waals surface area contributed by atoms with Crippen molar-refractivity contribution in [3.05, 3.63) is 34.4 Å². The molecule has 1 aromatic rings. The van der Waals surface area contributed by atoms with Gasteiger partial charge in [-0.25, -0.2) is 4.90 Å². The van der Waals surface area contributed by atoms with Crippen molar-refractivity contribution in [2.24, 2.45) is 5.92 Å². The van der Waals surface area contributed by atoms with Gasteiger partial charge < -0.3 is 10.6 Å². The van der Waals surface area contributed by atoms with Gasteiger partial charge in [0.25, 0.3) is 5.91 Å². The summed E-state index contributed by atoms with van der Waals surface area (Å²) < 4.78 is 0. The first-order valence-electron chi connectivity index (χ1n) is 9.53. The zero-order chi connectivity index (χ0) is 21.0. The molecule has 1 heterocycles. The molecule has 0 bridgehead atoms. The van der Waals surface area contributed by atoms with E-state index >= 15 is 0 Å². The van der Waals surface area contributed by atoms with Crippen LogP contribution in [0.5, 0.6) is 0 Å². The van der Waals surface area contributed by atoms with Crippen molar-refractivity contribution in [3.8, 4) is 0 Å². The molecule has 28 heavy (non-hydrogen) atoms. The minimum atomic E-state index is -0.468. The molecule has 152 valence electrons. The lowest BCUT2D eigenvalue weighted by Crippen LogP contribution is -2.40. The van der Waals surface area contributed by atoms with Crippen LogP contribution in [-0.4, -0.2) is 30.3 Å². The quantitative estimate of drug-likeness (QED) is 0.532. The minimum Gasteiger partial charge on any atom is -0.372 e. The summed E-state index contributed by atoms with van der Waals surface area (Å²) >= 11 is 6.30. The molecule has 1 aliphatic heterocycles. The lowest BCUT2D eigenvalue weighted by atomic mass is 10.1. The predicted molar refractivity (Wildman–Crippen MR) is 112 cm³/mol. The highest BCUT2D eigenvalue weighted by Crippen LogP contribution is 2.33. The van der Waals surface area contributed by atoms with Gasteiger partial charge >= 0.3 is 0 Å². The summed E-state index contributed by atoms with van der Waals surface area (Å²) in [6, 6.07) is 4.44. The number of hydrogen-bond acceptors (Lipinski definition) is 4. The fourth-order valence-corrected chi connectivity index (χ4v) is 3.11. The number of carbonyl (C=O) groups excluding carboxylic acids is 3. The van der Waals surface area contributed by atoms with Crippen LogP contribution in [0, 0.1) is 5.92 Å². The fraction of sp³-hybridized carbons (Fsp3) is 0.476. The van der Waals surface area contributed by atoms with Crippen molar-refractivity contribution in [3.63, 3.8) is 0 Å². The van der Waals surface area contributed by atoms with Gasteiger partial charge in [-0.15, -0.1) is 0 Å². The van der Waals surface area contributed by atoms with E-state index in [1.165, 1.54) is 4.90 Å². The number of carbonyl (C=O) groups is 3. The summed E-state index contributed by atoms with van der Waals surface area (Å²) in [7, 11) is 0. The van der Waals surface area contributed by atoms with Crippen LogP contribution >= 0.6 is 11.6 Å². The Morgan fingerprint density at radius 2 is 1.93 bits per heavy atom. The maximum Gasteiger partial charge on any atom is 0.261 e. The molecule has 7 heteroatoms. The average Bonchev–Trinajstić information content (AvgIpc) is 2.93. The minimum absolute atomic E-state index is 0.0990. The standard InChI is InChI=1S/C21H28ClN3O3/c1-6-17(20(27)23-11-12(2)3)24-18-9-14(7-8-16(18)22)25-19(26)10-15(13(4)5)21(25)28/h7-9,12,17,24H,6,10-11H2,1-5H3,(H,23,27). The van der Waals surface area contributed by atoms with Gasteiger partial charge in [0.15, 0.2) is 0 Å². The summed E-state index contributed by atoms with van der Waals surface area (Å²) in [5.74, 6) is -0.334. The van der Waals surface area contributed by atoms with E-state index in [0.717, 1.165) is 5.57 Å². The van der Waals surface area contributed by atoms with Crippen molar-refractivity contribution in [2.45, 2.75) is 53.5 Å². The zero-order valence-corrected chi connectivity index (χ0v) is 17.8. The highest BCUT2D eigenvalue weighted by Gasteiger charge is 2.35. The molecule has 0 aliphatic carbocycles. The molecular formula is C21H28ClN3O3. The van der Waals surface area contributed by atoms with Crippen LogP contribution in [0.1, 0.15) is 47.5 Å². The molecule has 2 rings (SSSR count). The second kappa shape index (κ2) is 9.24. The Bertz CT molecular complexity index is 813. The van der Waals surface area contributed by atoms with Gasteiger partial charge in [-0.05, 0) is 44.4 Å². The van der Waals surface area contributed by atoms with Crippen molar-refractivity contribution in [1.82, 2.24) is 5.32 Å². The van der Waals surface area contributed by atoms with Crippen molar-refractivity contribution >= 4 is 40.7 Å². The predicted octanol–water partition coefficient (Wildman–Crippen LogP) is 3.90. The van der Waals surface area contributed by atoms with E-state index < -0.39 is 6.04 Å². The number of hydrogen-bond donors (Lipinski definition) is 2. The van der Waals surface area contributed by atoms with Crippen LogP contribution in [0.3, 0.4) is 0 Å². The van der Waals surface area contributed by atoms with Gasteiger partial charge in [0.2, 0.25) is 11.8 Å². The second-order valence-corrected chi connectivity index (χ2v) is 8.01. The lowest BCUT2D eigenvalue weighted by molar-refractivity contribution is -0.122. The molecular weight excluding hydrogens is 378 g/mol. The van der Waals surface area contributed by atoms with Crippen molar-refractivity contribution in [2.75, 3.05) is 16.8 Å². The molecule has 3 amide bonds. The Morgan fingerprint density at radius 1 is 1.25 bits per heavy atom. The van der Waals surface area contributed by atoms with Crippen molar-refractivity contribution in [1.29, 1.82) is 0 Å². The van der Waals surface area contributed by atoms with Crippen LogP contribution in [-0.2, 0) is 14.4 Å².